The zero-order valence-corrected chi connectivity index (χ0v) is 11.0. The van der Waals surface area contributed by atoms with Gasteiger partial charge in [0.15, 0.2) is 9.84 Å². The summed E-state index contributed by atoms with van der Waals surface area (Å²) in [6.07, 6.45) is 2.44. The maximum atomic E-state index is 11.4. The number of aromatic nitrogens is 3. The van der Waals surface area contributed by atoms with Crippen LogP contribution in [0.2, 0.25) is 0 Å². The Bertz CT molecular complexity index is 513. The maximum absolute atomic E-state index is 11.4. The van der Waals surface area contributed by atoms with Gasteiger partial charge in [0.2, 0.25) is 0 Å². The molecule has 0 aliphatic carbocycles. The van der Waals surface area contributed by atoms with Crippen molar-refractivity contribution in [3.8, 4) is 0 Å². The highest BCUT2D eigenvalue weighted by Gasteiger charge is 2.38. The molecule has 0 saturated carbocycles. The average molecular weight is 274 g/mol. The number of nitrogens with two attached hydrogens (primary N) is 1. The molecule has 2 rings (SSSR count). The van der Waals surface area contributed by atoms with Gasteiger partial charge in [0.1, 0.15) is 0 Å². The Morgan fingerprint density at radius 2 is 2.33 bits per heavy atom. The third kappa shape index (κ3) is 2.70. The van der Waals surface area contributed by atoms with Gasteiger partial charge in [0, 0.05) is 0 Å². The van der Waals surface area contributed by atoms with E-state index in [-0.39, 0.29) is 17.5 Å². The fourth-order valence-electron chi connectivity index (χ4n) is 2.14. The molecular formula is C10H18N4O3S. The Morgan fingerprint density at radius 1 is 1.61 bits per heavy atom. The minimum atomic E-state index is -3.18. The van der Waals surface area contributed by atoms with Crippen LogP contribution in [0.5, 0.6) is 0 Å². The quantitative estimate of drug-likeness (QED) is 0.759. The second-order valence-corrected chi connectivity index (χ2v) is 6.88. The second-order valence-electron chi connectivity index (χ2n) is 4.73. The molecule has 1 fully saturated rings. The van der Waals surface area contributed by atoms with Crippen molar-refractivity contribution < 1.29 is 13.5 Å². The Labute approximate surface area is 106 Å². The predicted molar refractivity (Wildman–Crippen MR) is 65.6 cm³/mol. The molecule has 1 aromatic rings. The minimum Gasteiger partial charge on any atom is -0.390 e. The van der Waals surface area contributed by atoms with Gasteiger partial charge < -0.3 is 10.8 Å². The summed E-state index contributed by atoms with van der Waals surface area (Å²) in [6, 6.07) is -0.746. The van der Waals surface area contributed by atoms with E-state index in [9.17, 15) is 13.5 Å². The van der Waals surface area contributed by atoms with E-state index in [2.05, 4.69) is 10.3 Å². The average Bonchev–Trinajstić information content (AvgIpc) is 2.83. The molecule has 1 aromatic heterocycles. The maximum Gasteiger partial charge on any atom is 0.155 e. The van der Waals surface area contributed by atoms with Crippen LogP contribution < -0.4 is 5.73 Å². The zero-order chi connectivity index (χ0) is 13.3. The van der Waals surface area contributed by atoms with Crippen LogP contribution in [0, 0.1) is 0 Å². The molecule has 7 nitrogen and oxygen atoms in total. The lowest BCUT2D eigenvalue weighted by molar-refractivity contribution is 0.145. The van der Waals surface area contributed by atoms with Gasteiger partial charge in [-0.2, -0.15) is 0 Å². The molecule has 0 bridgehead atoms. The molecule has 0 aromatic carbocycles. The number of hydrogen-bond donors (Lipinski definition) is 2. The van der Waals surface area contributed by atoms with E-state index >= 15 is 0 Å². The first kappa shape index (κ1) is 13.4. The van der Waals surface area contributed by atoms with Crippen LogP contribution in [0.15, 0.2) is 6.20 Å². The van der Waals surface area contributed by atoms with Crippen molar-refractivity contribution in [2.45, 2.75) is 38.0 Å². The molecule has 3 atom stereocenters. The van der Waals surface area contributed by atoms with Gasteiger partial charge in [-0.25, -0.2) is 13.1 Å². The SMILES string of the molecule is CCCC(N)c1cn(C2CS(=O)(=O)CC2O)nn1. The highest BCUT2D eigenvalue weighted by molar-refractivity contribution is 7.91. The van der Waals surface area contributed by atoms with E-state index in [1.165, 1.54) is 4.68 Å². The number of aliphatic hydroxyl groups is 1. The summed E-state index contributed by atoms with van der Waals surface area (Å²) >= 11 is 0. The summed E-state index contributed by atoms with van der Waals surface area (Å²) in [6.45, 7) is 2.03. The highest BCUT2D eigenvalue weighted by Crippen LogP contribution is 2.24. The van der Waals surface area contributed by atoms with Gasteiger partial charge in [-0.15, -0.1) is 5.10 Å². The van der Waals surface area contributed by atoms with Gasteiger partial charge in [-0.05, 0) is 6.42 Å². The van der Waals surface area contributed by atoms with Crippen molar-refractivity contribution in [1.82, 2.24) is 15.0 Å². The fourth-order valence-corrected chi connectivity index (χ4v) is 3.92. The van der Waals surface area contributed by atoms with Crippen LogP contribution in [0.1, 0.15) is 37.5 Å². The molecule has 0 radical (unpaired) electrons. The largest absolute Gasteiger partial charge is 0.390 e. The van der Waals surface area contributed by atoms with E-state index in [0.717, 1.165) is 12.8 Å². The Hall–Kier alpha value is -0.990. The number of sulfone groups is 1. The van der Waals surface area contributed by atoms with Crippen molar-refractivity contribution in [3.05, 3.63) is 11.9 Å². The number of rotatable bonds is 4. The zero-order valence-electron chi connectivity index (χ0n) is 10.2. The van der Waals surface area contributed by atoms with Crippen LogP contribution in [0.4, 0.5) is 0 Å². The predicted octanol–water partition coefficient (Wildman–Crippen LogP) is -0.592. The third-order valence-electron chi connectivity index (χ3n) is 3.14. The van der Waals surface area contributed by atoms with Gasteiger partial charge in [-0.1, -0.05) is 18.6 Å². The van der Waals surface area contributed by atoms with Gasteiger partial charge in [0.05, 0.1) is 41.6 Å². The van der Waals surface area contributed by atoms with Gasteiger partial charge in [-0.3, -0.25) is 0 Å². The van der Waals surface area contributed by atoms with Gasteiger partial charge in [0.25, 0.3) is 0 Å². The Morgan fingerprint density at radius 3 is 2.89 bits per heavy atom. The van der Waals surface area contributed by atoms with E-state index in [0.29, 0.717) is 5.69 Å². The molecular weight excluding hydrogens is 256 g/mol. The summed E-state index contributed by atoms with van der Waals surface area (Å²) in [7, 11) is -3.18. The first-order valence-corrected chi connectivity index (χ1v) is 7.81. The summed E-state index contributed by atoms with van der Waals surface area (Å²) in [5.74, 6) is -0.312. The third-order valence-corrected chi connectivity index (χ3v) is 4.84. The van der Waals surface area contributed by atoms with E-state index < -0.39 is 22.0 Å². The molecule has 1 saturated heterocycles. The molecule has 0 amide bonds. The summed E-state index contributed by atoms with van der Waals surface area (Å²) in [4.78, 5) is 0. The highest BCUT2D eigenvalue weighted by atomic mass is 32.2. The monoisotopic (exact) mass is 274 g/mol. The van der Waals surface area contributed by atoms with Crippen molar-refractivity contribution in [1.29, 1.82) is 0 Å². The second kappa shape index (κ2) is 4.94. The molecule has 102 valence electrons. The van der Waals surface area contributed by atoms with E-state index in [4.69, 9.17) is 5.73 Å². The molecule has 18 heavy (non-hydrogen) atoms. The molecule has 1 aliphatic rings. The molecule has 0 spiro atoms. The normalized spacial score (nSPS) is 28.4. The summed E-state index contributed by atoms with van der Waals surface area (Å²) in [5.41, 5.74) is 6.54. The topological polar surface area (TPSA) is 111 Å². The van der Waals surface area contributed by atoms with Crippen molar-refractivity contribution >= 4 is 9.84 Å². The van der Waals surface area contributed by atoms with Crippen LogP contribution in [-0.4, -0.2) is 46.1 Å². The molecule has 3 N–H and O–H groups in total. The summed E-state index contributed by atoms with van der Waals surface area (Å²) < 4.78 is 24.3. The lowest BCUT2D eigenvalue weighted by Gasteiger charge is -2.11. The lowest BCUT2D eigenvalue weighted by atomic mass is 10.1. The molecule has 1 aliphatic heterocycles. The standard InChI is InChI=1S/C10H18N4O3S/c1-2-3-7(11)8-4-14(13-12-8)9-5-18(16,17)6-10(9)15/h4,7,9-10,15H,2-3,5-6,11H2,1H3. The molecule has 8 heteroatoms. The van der Waals surface area contributed by atoms with Crippen LogP contribution >= 0.6 is 0 Å². The molecule has 2 heterocycles. The van der Waals surface area contributed by atoms with Crippen molar-refractivity contribution in [2.24, 2.45) is 5.73 Å². The smallest absolute Gasteiger partial charge is 0.155 e. The van der Waals surface area contributed by atoms with Crippen LogP contribution in [-0.2, 0) is 9.84 Å². The van der Waals surface area contributed by atoms with Crippen LogP contribution in [0.3, 0.4) is 0 Å². The lowest BCUT2D eigenvalue weighted by Crippen LogP contribution is -2.22. The van der Waals surface area contributed by atoms with E-state index in [1.54, 1.807) is 6.20 Å². The van der Waals surface area contributed by atoms with Crippen molar-refractivity contribution in [2.75, 3.05) is 11.5 Å². The van der Waals surface area contributed by atoms with Crippen molar-refractivity contribution in [3.63, 3.8) is 0 Å². The Kier molecular flexibility index (Phi) is 3.69. The molecule has 3 unspecified atom stereocenters. The van der Waals surface area contributed by atoms with Gasteiger partial charge >= 0.3 is 0 Å². The number of hydrogen-bond acceptors (Lipinski definition) is 6. The Balaban J connectivity index is 2.16. The first-order chi connectivity index (χ1) is 8.43. The van der Waals surface area contributed by atoms with E-state index in [1.807, 2.05) is 6.92 Å². The minimum absolute atomic E-state index is 0.0972. The first-order valence-electron chi connectivity index (χ1n) is 5.98. The number of aliphatic hydroxyl groups excluding tert-OH is 1. The number of nitrogens with zero attached hydrogens (tertiary/aromatic N) is 3. The fraction of sp³-hybridized carbons (Fsp3) is 0.800. The van der Waals surface area contributed by atoms with Crippen LogP contribution in [0.25, 0.3) is 0 Å². The summed E-state index contributed by atoms with van der Waals surface area (Å²) in [5, 5.41) is 17.6.